The van der Waals surface area contributed by atoms with Crippen molar-refractivity contribution in [2.24, 2.45) is 0 Å². The second kappa shape index (κ2) is 10.5. The van der Waals surface area contributed by atoms with E-state index in [2.05, 4.69) is 4.98 Å². The van der Waals surface area contributed by atoms with Gasteiger partial charge in [-0.2, -0.15) is 13.2 Å². The van der Waals surface area contributed by atoms with Gasteiger partial charge in [-0.25, -0.2) is 31.0 Å². The Labute approximate surface area is 201 Å². The fourth-order valence-electron chi connectivity index (χ4n) is 3.43. The lowest BCUT2D eigenvalue weighted by molar-refractivity contribution is -0.138. The van der Waals surface area contributed by atoms with Crippen molar-refractivity contribution in [2.75, 3.05) is 44.0 Å². The number of carbonyl (C=O) groups is 1. The summed E-state index contributed by atoms with van der Waals surface area (Å²) in [5.41, 5.74) is -1.66. The lowest BCUT2D eigenvalue weighted by atomic mass is 10.1. The molecule has 198 valence electrons. The van der Waals surface area contributed by atoms with Crippen LogP contribution in [0.25, 0.3) is 0 Å². The zero-order valence-corrected chi connectivity index (χ0v) is 19.4. The van der Waals surface area contributed by atoms with E-state index in [9.17, 15) is 43.9 Å². The monoisotopic (exact) mass is 543 g/mol. The molecule has 0 unspecified atom stereocenters. The first-order chi connectivity index (χ1) is 16.7. The Morgan fingerprint density at radius 1 is 1.14 bits per heavy atom. The lowest BCUT2D eigenvalue weighted by Gasteiger charge is -2.36. The molecule has 3 rings (SSSR count). The van der Waals surface area contributed by atoms with Crippen LogP contribution < -0.4 is 9.64 Å². The molecular formula is C21H20F7N3O4S. The van der Waals surface area contributed by atoms with Crippen LogP contribution in [-0.2, 0) is 16.0 Å². The Balaban J connectivity index is 1.82. The highest BCUT2D eigenvalue weighted by molar-refractivity contribution is 7.90. The summed E-state index contributed by atoms with van der Waals surface area (Å²) in [5, 5.41) is 0. The molecule has 7 nitrogen and oxygen atoms in total. The lowest BCUT2D eigenvalue weighted by Crippen LogP contribution is -2.49. The molecule has 1 fully saturated rings. The molecule has 1 aromatic carbocycles. The van der Waals surface area contributed by atoms with Gasteiger partial charge < -0.3 is 14.5 Å². The van der Waals surface area contributed by atoms with Gasteiger partial charge in [0, 0.05) is 38.6 Å². The zero-order valence-electron chi connectivity index (χ0n) is 18.6. The zero-order chi connectivity index (χ0) is 26.8. The topological polar surface area (TPSA) is 79.8 Å². The fraction of sp³-hybridized carbons (Fsp3) is 0.429. The van der Waals surface area contributed by atoms with Crippen LogP contribution in [0.2, 0.25) is 0 Å². The molecule has 1 aliphatic rings. The normalized spacial score (nSPS) is 15.8. The quantitative estimate of drug-likeness (QED) is 0.497. The van der Waals surface area contributed by atoms with Gasteiger partial charge in [-0.05, 0) is 24.3 Å². The van der Waals surface area contributed by atoms with Crippen molar-refractivity contribution in [3.8, 4) is 5.75 Å². The SMILES string of the molecule is CS(=O)(=O)c1ccc(O[C@@H](CF)C(F)F)c(C(=O)N2CCN(c3ncc(C(F)(F)F)cc3F)CC2)c1. The molecule has 0 aliphatic carbocycles. The van der Waals surface area contributed by atoms with Crippen LogP contribution in [-0.4, -0.2) is 75.8 Å². The van der Waals surface area contributed by atoms with Crippen molar-refractivity contribution in [3.05, 3.63) is 47.4 Å². The maximum absolute atomic E-state index is 14.3. The number of rotatable bonds is 7. The smallest absolute Gasteiger partial charge is 0.417 e. The highest BCUT2D eigenvalue weighted by Gasteiger charge is 2.33. The third-order valence-electron chi connectivity index (χ3n) is 5.34. The van der Waals surface area contributed by atoms with E-state index in [1.807, 2.05) is 0 Å². The van der Waals surface area contributed by atoms with E-state index in [4.69, 9.17) is 4.74 Å². The van der Waals surface area contributed by atoms with Crippen molar-refractivity contribution in [1.29, 1.82) is 0 Å². The van der Waals surface area contributed by atoms with E-state index < -0.39 is 63.8 Å². The van der Waals surface area contributed by atoms with Gasteiger partial charge in [-0.3, -0.25) is 4.79 Å². The third-order valence-corrected chi connectivity index (χ3v) is 6.45. The largest absolute Gasteiger partial charge is 0.481 e. The molecule has 2 aromatic rings. The third kappa shape index (κ3) is 6.17. The Bertz CT molecular complexity index is 1220. The number of sulfone groups is 1. The van der Waals surface area contributed by atoms with Gasteiger partial charge >= 0.3 is 6.18 Å². The van der Waals surface area contributed by atoms with Crippen LogP contribution >= 0.6 is 0 Å². The standard InChI is InChI=1S/C21H20F7N3O4S/c1-36(33,34)13-2-3-16(35-17(10-22)18(24)25)14(9-13)20(32)31-6-4-30(5-7-31)19-15(23)8-12(11-29-19)21(26,27)28/h2-3,8-9,11,17-18H,4-7,10H2,1H3/t17-/m0/s1. The summed E-state index contributed by atoms with van der Waals surface area (Å²) < 4.78 is 120. The summed E-state index contributed by atoms with van der Waals surface area (Å²) in [6.07, 6.45) is -8.83. The van der Waals surface area contributed by atoms with E-state index in [0.717, 1.165) is 24.5 Å². The Morgan fingerprint density at radius 2 is 1.78 bits per heavy atom. The number of aromatic nitrogens is 1. The molecular weight excluding hydrogens is 523 g/mol. The predicted molar refractivity (Wildman–Crippen MR) is 113 cm³/mol. The summed E-state index contributed by atoms with van der Waals surface area (Å²) in [6.45, 7) is -1.85. The van der Waals surface area contributed by atoms with Crippen LogP contribution in [0.4, 0.5) is 36.6 Å². The molecule has 0 bridgehead atoms. The highest BCUT2D eigenvalue weighted by Crippen LogP contribution is 2.32. The number of carbonyl (C=O) groups excluding carboxylic acids is 1. The molecule has 0 N–H and O–H groups in total. The molecule has 15 heteroatoms. The first kappa shape index (κ1) is 27.5. The number of hydrogen-bond acceptors (Lipinski definition) is 6. The number of ether oxygens (including phenoxy) is 1. The predicted octanol–water partition coefficient (Wildman–Crippen LogP) is 3.59. The maximum atomic E-state index is 14.3. The Kier molecular flexibility index (Phi) is 8.00. The minimum atomic E-state index is -4.77. The Hall–Kier alpha value is -3.10. The molecule has 0 saturated carbocycles. The fourth-order valence-corrected chi connectivity index (χ4v) is 4.08. The Morgan fingerprint density at radius 3 is 2.28 bits per heavy atom. The molecule has 2 heterocycles. The molecule has 1 amide bonds. The number of benzene rings is 1. The first-order valence-corrected chi connectivity index (χ1v) is 12.2. The van der Waals surface area contributed by atoms with E-state index in [1.165, 1.54) is 9.80 Å². The summed E-state index contributed by atoms with van der Waals surface area (Å²) in [6, 6.07) is 3.24. The summed E-state index contributed by atoms with van der Waals surface area (Å²) in [5.74, 6) is -2.82. The second-order valence-electron chi connectivity index (χ2n) is 7.88. The van der Waals surface area contributed by atoms with Gasteiger partial charge in [0.25, 0.3) is 12.3 Å². The molecule has 36 heavy (non-hydrogen) atoms. The molecule has 0 spiro atoms. The average Bonchev–Trinajstić information content (AvgIpc) is 2.80. The number of pyridine rings is 1. The van der Waals surface area contributed by atoms with Crippen LogP contribution in [0.3, 0.4) is 0 Å². The van der Waals surface area contributed by atoms with Gasteiger partial charge in [0.1, 0.15) is 12.4 Å². The number of anilines is 1. The number of halogens is 7. The second-order valence-corrected chi connectivity index (χ2v) is 9.90. The maximum Gasteiger partial charge on any atom is 0.417 e. The molecule has 1 atom stereocenters. The van der Waals surface area contributed by atoms with Crippen LogP contribution in [0.15, 0.2) is 35.4 Å². The highest BCUT2D eigenvalue weighted by atomic mass is 32.2. The molecule has 1 aliphatic heterocycles. The van der Waals surface area contributed by atoms with Crippen molar-refractivity contribution in [2.45, 2.75) is 23.6 Å². The van der Waals surface area contributed by atoms with Crippen molar-refractivity contribution in [3.63, 3.8) is 0 Å². The number of piperazine rings is 1. The van der Waals surface area contributed by atoms with Crippen LogP contribution in [0.5, 0.6) is 5.75 Å². The van der Waals surface area contributed by atoms with E-state index in [-0.39, 0.29) is 36.9 Å². The molecule has 0 radical (unpaired) electrons. The van der Waals surface area contributed by atoms with Crippen molar-refractivity contribution >= 4 is 21.6 Å². The van der Waals surface area contributed by atoms with Crippen molar-refractivity contribution in [1.82, 2.24) is 9.88 Å². The van der Waals surface area contributed by atoms with E-state index in [0.29, 0.717) is 12.3 Å². The van der Waals surface area contributed by atoms with E-state index >= 15 is 0 Å². The summed E-state index contributed by atoms with van der Waals surface area (Å²) >= 11 is 0. The number of amides is 1. The van der Waals surface area contributed by atoms with Gasteiger partial charge in [0.2, 0.25) is 0 Å². The van der Waals surface area contributed by atoms with Gasteiger partial charge in [-0.1, -0.05) is 0 Å². The van der Waals surface area contributed by atoms with E-state index in [1.54, 1.807) is 0 Å². The van der Waals surface area contributed by atoms with Gasteiger partial charge in [0.15, 0.2) is 27.6 Å². The minimum Gasteiger partial charge on any atom is -0.481 e. The number of nitrogens with zero attached hydrogens (tertiary/aromatic N) is 3. The first-order valence-electron chi connectivity index (χ1n) is 10.3. The summed E-state index contributed by atoms with van der Waals surface area (Å²) in [7, 11) is -3.81. The van der Waals surface area contributed by atoms with Crippen LogP contribution in [0.1, 0.15) is 15.9 Å². The molecule has 1 aromatic heterocycles. The van der Waals surface area contributed by atoms with Crippen LogP contribution in [0, 0.1) is 5.82 Å². The van der Waals surface area contributed by atoms with Crippen molar-refractivity contribution < 1.29 is 48.7 Å². The molecule has 1 saturated heterocycles. The number of hydrogen-bond donors (Lipinski definition) is 0. The van der Waals surface area contributed by atoms with Gasteiger partial charge in [-0.15, -0.1) is 0 Å². The van der Waals surface area contributed by atoms with Gasteiger partial charge in [0.05, 0.1) is 16.0 Å². The minimum absolute atomic E-state index is 0.0485. The summed E-state index contributed by atoms with van der Waals surface area (Å²) in [4.78, 5) is 18.9. The average molecular weight is 543 g/mol. The number of alkyl halides is 6.